The van der Waals surface area contributed by atoms with Gasteiger partial charge in [0.15, 0.2) is 0 Å². The maximum atomic E-state index is 11.7. The Kier molecular flexibility index (Phi) is 3.70. The van der Waals surface area contributed by atoms with E-state index in [0.717, 1.165) is 0 Å². The van der Waals surface area contributed by atoms with Crippen LogP contribution in [0.5, 0.6) is 0 Å². The van der Waals surface area contributed by atoms with Crippen LogP contribution in [0.15, 0.2) is 11.4 Å². The van der Waals surface area contributed by atoms with Crippen LogP contribution in [0.1, 0.15) is 23.5 Å². The number of hydrogen-bond donors (Lipinski definition) is 2. The number of rotatable bonds is 3. The lowest BCUT2D eigenvalue weighted by Gasteiger charge is -2.24. The molecule has 82 valence electrons. The van der Waals surface area contributed by atoms with Crippen molar-refractivity contribution in [3.63, 3.8) is 0 Å². The van der Waals surface area contributed by atoms with Gasteiger partial charge < -0.3 is 11.1 Å². The van der Waals surface area contributed by atoms with Gasteiger partial charge in [-0.25, -0.2) is 0 Å². The average molecular weight is 263 g/mol. The van der Waals surface area contributed by atoms with E-state index in [9.17, 15) is 4.79 Å². The van der Waals surface area contributed by atoms with E-state index < -0.39 is 5.54 Å². The van der Waals surface area contributed by atoms with Crippen LogP contribution >= 0.6 is 35.2 Å². The number of amides is 1. The highest BCUT2D eigenvalue weighted by atomic mass is 35.5. The van der Waals surface area contributed by atoms with Gasteiger partial charge >= 0.3 is 0 Å². The first kappa shape index (κ1) is 12.4. The van der Waals surface area contributed by atoms with E-state index in [4.69, 9.17) is 29.6 Å². The minimum atomic E-state index is -0.709. The summed E-state index contributed by atoms with van der Waals surface area (Å²) in [7, 11) is 0. The van der Waals surface area contributed by atoms with Gasteiger partial charge in [0.25, 0.3) is 5.91 Å². The van der Waals surface area contributed by atoms with Gasteiger partial charge in [-0.2, -0.15) is 0 Å². The minimum absolute atomic E-state index is 0.239. The lowest BCUT2D eigenvalue weighted by molar-refractivity contribution is 0.0936. The van der Waals surface area contributed by atoms with E-state index in [1.54, 1.807) is 25.3 Å². The van der Waals surface area contributed by atoms with Crippen LogP contribution in [0.4, 0.5) is 0 Å². The highest BCUT2D eigenvalue weighted by Crippen LogP contribution is 2.22. The van der Waals surface area contributed by atoms with Gasteiger partial charge in [0.2, 0.25) is 0 Å². The Hall–Kier alpha value is -0.650. The number of carbonyl (C=O) groups excluding carboxylic acids is 1. The first-order valence-electron chi connectivity index (χ1n) is 4.20. The van der Waals surface area contributed by atoms with E-state index in [2.05, 4.69) is 5.32 Å². The largest absolute Gasteiger partial charge is 0.391 e. The SMILES string of the molecule is CC(C)(NC(=O)c1sccc1Cl)C(N)=S. The molecule has 1 rings (SSSR count). The second-order valence-electron chi connectivity index (χ2n) is 3.54. The third kappa shape index (κ3) is 2.90. The van der Waals surface area contributed by atoms with Crippen molar-refractivity contribution in [1.29, 1.82) is 0 Å². The molecule has 0 radical (unpaired) electrons. The Morgan fingerprint density at radius 1 is 1.67 bits per heavy atom. The van der Waals surface area contributed by atoms with Gasteiger partial charge in [-0.05, 0) is 25.3 Å². The first-order chi connectivity index (χ1) is 6.84. The molecule has 0 aliphatic carbocycles. The molecule has 0 spiro atoms. The maximum Gasteiger partial charge on any atom is 0.263 e. The van der Waals surface area contributed by atoms with Gasteiger partial charge in [0, 0.05) is 0 Å². The van der Waals surface area contributed by atoms with Crippen molar-refractivity contribution in [2.75, 3.05) is 0 Å². The zero-order valence-corrected chi connectivity index (χ0v) is 10.7. The molecule has 0 atom stereocenters. The van der Waals surface area contributed by atoms with Crippen molar-refractivity contribution in [3.05, 3.63) is 21.3 Å². The Labute approximate surface area is 103 Å². The van der Waals surface area contributed by atoms with Gasteiger partial charge in [0.1, 0.15) is 4.88 Å². The second kappa shape index (κ2) is 4.47. The fourth-order valence-corrected chi connectivity index (χ4v) is 1.95. The molecule has 0 saturated carbocycles. The summed E-state index contributed by atoms with van der Waals surface area (Å²) in [5, 5.41) is 4.92. The van der Waals surface area contributed by atoms with Crippen molar-refractivity contribution in [2.45, 2.75) is 19.4 Å². The lowest BCUT2D eigenvalue weighted by atomic mass is 10.1. The molecule has 0 aliphatic heterocycles. The van der Waals surface area contributed by atoms with Gasteiger partial charge in [-0.3, -0.25) is 4.79 Å². The molecule has 0 fully saturated rings. The predicted molar refractivity (Wildman–Crippen MR) is 67.7 cm³/mol. The molecule has 0 saturated heterocycles. The molecule has 1 amide bonds. The van der Waals surface area contributed by atoms with Crippen molar-refractivity contribution in [2.24, 2.45) is 5.73 Å². The zero-order valence-electron chi connectivity index (χ0n) is 8.33. The van der Waals surface area contributed by atoms with Gasteiger partial charge in [-0.15, -0.1) is 11.3 Å². The third-order valence-corrected chi connectivity index (χ3v) is 3.72. The van der Waals surface area contributed by atoms with E-state index in [1.807, 2.05) is 0 Å². The standard InChI is InChI=1S/C9H11ClN2OS2/c1-9(2,8(11)14)12-7(13)6-5(10)3-4-15-6/h3-4H,1-2H3,(H2,11,14)(H,12,13). The molecule has 3 nitrogen and oxygen atoms in total. The average Bonchev–Trinajstić information content (AvgIpc) is 2.50. The molecule has 0 bridgehead atoms. The normalized spacial score (nSPS) is 11.1. The molecule has 6 heteroatoms. The number of thiocarbonyl (C=S) groups is 1. The summed E-state index contributed by atoms with van der Waals surface area (Å²) >= 11 is 12.0. The highest BCUT2D eigenvalue weighted by Gasteiger charge is 2.25. The van der Waals surface area contributed by atoms with Crippen LogP contribution in [0.3, 0.4) is 0 Å². The molecule has 1 aromatic rings. The van der Waals surface area contributed by atoms with E-state index in [-0.39, 0.29) is 10.9 Å². The molecule has 1 aromatic heterocycles. The summed E-state index contributed by atoms with van der Waals surface area (Å²) in [6.07, 6.45) is 0. The molecule has 0 unspecified atom stereocenters. The Balaban J connectivity index is 2.81. The Bertz CT molecular complexity index is 401. The van der Waals surface area contributed by atoms with E-state index in [0.29, 0.717) is 9.90 Å². The molecule has 0 aromatic carbocycles. The highest BCUT2D eigenvalue weighted by molar-refractivity contribution is 7.80. The van der Waals surface area contributed by atoms with Crippen molar-refractivity contribution in [3.8, 4) is 0 Å². The van der Waals surface area contributed by atoms with Crippen molar-refractivity contribution >= 4 is 46.1 Å². The maximum absolute atomic E-state index is 11.7. The fraction of sp³-hybridized carbons (Fsp3) is 0.333. The van der Waals surface area contributed by atoms with Crippen LogP contribution in [-0.2, 0) is 0 Å². The molecular formula is C9H11ClN2OS2. The van der Waals surface area contributed by atoms with E-state index >= 15 is 0 Å². The van der Waals surface area contributed by atoms with Gasteiger partial charge in [0.05, 0.1) is 15.6 Å². The van der Waals surface area contributed by atoms with Crippen molar-refractivity contribution in [1.82, 2.24) is 5.32 Å². The summed E-state index contributed by atoms with van der Waals surface area (Å²) in [6.45, 7) is 3.49. The van der Waals surface area contributed by atoms with Crippen LogP contribution < -0.4 is 11.1 Å². The number of nitrogens with one attached hydrogen (secondary N) is 1. The lowest BCUT2D eigenvalue weighted by Crippen LogP contribution is -2.52. The monoisotopic (exact) mass is 262 g/mol. The van der Waals surface area contributed by atoms with Crippen LogP contribution in [0.25, 0.3) is 0 Å². The molecule has 1 heterocycles. The molecular weight excluding hydrogens is 252 g/mol. The van der Waals surface area contributed by atoms with Crippen molar-refractivity contribution < 1.29 is 4.79 Å². The second-order valence-corrected chi connectivity index (χ2v) is 5.30. The molecule has 15 heavy (non-hydrogen) atoms. The summed E-state index contributed by atoms with van der Waals surface area (Å²) in [5.41, 5.74) is 4.79. The number of hydrogen-bond acceptors (Lipinski definition) is 3. The smallest absolute Gasteiger partial charge is 0.263 e. The van der Waals surface area contributed by atoms with Crippen LogP contribution in [-0.4, -0.2) is 16.4 Å². The summed E-state index contributed by atoms with van der Waals surface area (Å²) in [4.78, 5) is 12.5. The quantitative estimate of drug-likeness (QED) is 0.821. The summed E-state index contributed by atoms with van der Waals surface area (Å²) in [5.74, 6) is -0.257. The Morgan fingerprint density at radius 2 is 2.27 bits per heavy atom. The first-order valence-corrected chi connectivity index (χ1v) is 5.86. The summed E-state index contributed by atoms with van der Waals surface area (Å²) < 4.78 is 0. The minimum Gasteiger partial charge on any atom is -0.391 e. The Morgan fingerprint density at radius 3 is 2.67 bits per heavy atom. The van der Waals surface area contributed by atoms with Gasteiger partial charge in [-0.1, -0.05) is 23.8 Å². The topological polar surface area (TPSA) is 55.1 Å². The predicted octanol–water partition coefficient (Wildman–Crippen LogP) is 2.20. The van der Waals surface area contributed by atoms with Crippen LogP contribution in [0.2, 0.25) is 5.02 Å². The number of halogens is 1. The number of carbonyl (C=O) groups is 1. The van der Waals surface area contributed by atoms with E-state index in [1.165, 1.54) is 11.3 Å². The number of nitrogens with two attached hydrogens (primary N) is 1. The number of thiophene rings is 1. The third-order valence-electron chi connectivity index (χ3n) is 1.87. The molecule has 0 aliphatic rings. The molecule has 3 N–H and O–H groups in total. The fourth-order valence-electron chi connectivity index (χ4n) is 0.858. The zero-order chi connectivity index (χ0) is 11.6. The summed E-state index contributed by atoms with van der Waals surface area (Å²) in [6, 6.07) is 1.68. The van der Waals surface area contributed by atoms with Crippen LogP contribution in [0, 0.1) is 0 Å².